The average Bonchev–Trinajstić information content (AvgIpc) is 3.04. The molecule has 1 aliphatic rings. The minimum absolute atomic E-state index is 0.150. The lowest BCUT2D eigenvalue weighted by Gasteiger charge is -2.36. The Bertz CT molecular complexity index is 579. The molecule has 0 amide bonds. The minimum Gasteiger partial charge on any atom is -0.338 e. The SMILES string of the molecule is CCCc1noc(C(C)N2CCN(c3ncccn3)CC2)n1. The summed E-state index contributed by atoms with van der Waals surface area (Å²) in [6, 6.07) is 1.99. The number of piperazine rings is 1. The Labute approximate surface area is 130 Å². The monoisotopic (exact) mass is 302 g/mol. The Kier molecular flexibility index (Phi) is 4.62. The highest BCUT2D eigenvalue weighted by atomic mass is 16.5. The molecule has 7 nitrogen and oxygen atoms in total. The molecule has 1 unspecified atom stereocenters. The van der Waals surface area contributed by atoms with Crippen LogP contribution in [0.4, 0.5) is 5.95 Å². The van der Waals surface area contributed by atoms with Crippen LogP contribution in [0.15, 0.2) is 23.0 Å². The molecule has 1 saturated heterocycles. The zero-order chi connectivity index (χ0) is 15.4. The van der Waals surface area contributed by atoms with E-state index in [2.05, 4.69) is 43.8 Å². The summed E-state index contributed by atoms with van der Waals surface area (Å²) in [4.78, 5) is 17.7. The fourth-order valence-corrected chi connectivity index (χ4v) is 2.68. The predicted molar refractivity (Wildman–Crippen MR) is 82.5 cm³/mol. The number of rotatable bonds is 5. The molecular formula is C15H22N6O. The summed E-state index contributed by atoms with van der Waals surface area (Å²) in [6.07, 6.45) is 5.47. The molecule has 0 aliphatic carbocycles. The Balaban J connectivity index is 1.58. The first-order chi connectivity index (χ1) is 10.8. The zero-order valence-corrected chi connectivity index (χ0v) is 13.1. The van der Waals surface area contributed by atoms with E-state index in [0.717, 1.165) is 50.8 Å². The number of aromatic nitrogens is 4. The molecule has 22 heavy (non-hydrogen) atoms. The van der Waals surface area contributed by atoms with Gasteiger partial charge in [-0.2, -0.15) is 4.98 Å². The Morgan fingerprint density at radius 1 is 1.18 bits per heavy atom. The molecule has 7 heteroatoms. The number of nitrogens with zero attached hydrogens (tertiary/aromatic N) is 6. The fourth-order valence-electron chi connectivity index (χ4n) is 2.68. The highest BCUT2D eigenvalue weighted by Crippen LogP contribution is 2.21. The molecule has 2 aromatic rings. The van der Waals surface area contributed by atoms with Crippen molar-refractivity contribution in [3.8, 4) is 0 Å². The van der Waals surface area contributed by atoms with Crippen molar-refractivity contribution in [2.75, 3.05) is 31.1 Å². The van der Waals surface area contributed by atoms with Gasteiger partial charge in [-0.05, 0) is 19.4 Å². The summed E-state index contributed by atoms with van der Waals surface area (Å²) in [6.45, 7) is 7.92. The largest absolute Gasteiger partial charge is 0.338 e. The second-order valence-electron chi connectivity index (χ2n) is 5.55. The van der Waals surface area contributed by atoms with Crippen LogP contribution in [0.1, 0.15) is 38.0 Å². The fraction of sp³-hybridized carbons (Fsp3) is 0.600. The average molecular weight is 302 g/mol. The van der Waals surface area contributed by atoms with E-state index in [1.807, 2.05) is 6.07 Å². The first-order valence-corrected chi connectivity index (χ1v) is 7.86. The summed E-state index contributed by atoms with van der Waals surface area (Å²) in [7, 11) is 0. The second kappa shape index (κ2) is 6.83. The van der Waals surface area contributed by atoms with E-state index in [4.69, 9.17) is 4.52 Å². The van der Waals surface area contributed by atoms with Gasteiger partial charge in [0, 0.05) is 45.0 Å². The van der Waals surface area contributed by atoms with Crippen LogP contribution >= 0.6 is 0 Å². The van der Waals surface area contributed by atoms with Gasteiger partial charge in [-0.15, -0.1) is 0 Å². The maximum atomic E-state index is 5.40. The lowest BCUT2D eigenvalue weighted by atomic mass is 10.2. The third-order valence-corrected chi connectivity index (χ3v) is 4.01. The van der Waals surface area contributed by atoms with Gasteiger partial charge in [0.1, 0.15) is 0 Å². The lowest BCUT2D eigenvalue weighted by Crippen LogP contribution is -2.47. The van der Waals surface area contributed by atoms with E-state index >= 15 is 0 Å². The van der Waals surface area contributed by atoms with Crippen LogP contribution in [0.25, 0.3) is 0 Å². The molecule has 0 radical (unpaired) electrons. The van der Waals surface area contributed by atoms with Crippen LogP contribution in [0, 0.1) is 0 Å². The van der Waals surface area contributed by atoms with Crippen LogP contribution in [-0.2, 0) is 6.42 Å². The topological polar surface area (TPSA) is 71.2 Å². The molecule has 1 atom stereocenters. The van der Waals surface area contributed by atoms with Crippen molar-refractivity contribution < 1.29 is 4.52 Å². The third kappa shape index (κ3) is 3.24. The van der Waals surface area contributed by atoms with Gasteiger partial charge in [-0.1, -0.05) is 12.1 Å². The summed E-state index contributed by atoms with van der Waals surface area (Å²) in [5.41, 5.74) is 0. The Morgan fingerprint density at radius 3 is 2.59 bits per heavy atom. The third-order valence-electron chi connectivity index (χ3n) is 4.01. The van der Waals surface area contributed by atoms with Gasteiger partial charge in [0.25, 0.3) is 0 Å². The van der Waals surface area contributed by atoms with Gasteiger partial charge in [0.05, 0.1) is 6.04 Å². The van der Waals surface area contributed by atoms with E-state index < -0.39 is 0 Å². The van der Waals surface area contributed by atoms with E-state index in [-0.39, 0.29) is 6.04 Å². The normalized spacial score (nSPS) is 17.6. The van der Waals surface area contributed by atoms with Crippen molar-refractivity contribution in [3.63, 3.8) is 0 Å². The zero-order valence-electron chi connectivity index (χ0n) is 13.1. The van der Waals surface area contributed by atoms with Crippen molar-refractivity contribution in [2.45, 2.75) is 32.7 Å². The van der Waals surface area contributed by atoms with Crippen LogP contribution in [-0.4, -0.2) is 51.2 Å². The maximum Gasteiger partial charge on any atom is 0.243 e. The summed E-state index contributed by atoms with van der Waals surface area (Å²) >= 11 is 0. The van der Waals surface area contributed by atoms with Crippen molar-refractivity contribution in [3.05, 3.63) is 30.2 Å². The lowest BCUT2D eigenvalue weighted by molar-refractivity contribution is 0.163. The van der Waals surface area contributed by atoms with Crippen molar-refractivity contribution in [1.29, 1.82) is 0 Å². The van der Waals surface area contributed by atoms with Crippen LogP contribution < -0.4 is 4.90 Å². The number of aryl methyl sites for hydroxylation is 1. The molecule has 3 rings (SSSR count). The van der Waals surface area contributed by atoms with Gasteiger partial charge >= 0.3 is 0 Å². The Hall–Kier alpha value is -2.02. The van der Waals surface area contributed by atoms with E-state index in [1.54, 1.807) is 12.4 Å². The smallest absolute Gasteiger partial charge is 0.243 e. The molecule has 118 valence electrons. The number of anilines is 1. The van der Waals surface area contributed by atoms with Crippen molar-refractivity contribution in [2.24, 2.45) is 0 Å². The molecule has 0 bridgehead atoms. The highest BCUT2D eigenvalue weighted by Gasteiger charge is 2.26. The quantitative estimate of drug-likeness (QED) is 0.832. The molecular weight excluding hydrogens is 280 g/mol. The summed E-state index contributed by atoms with van der Waals surface area (Å²) in [5, 5.41) is 4.04. The molecule has 3 heterocycles. The van der Waals surface area contributed by atoms with E-state index in [9.17, 15) is 0 Å². The molecule has 2 aromatic heterocycles. The van der Waals surface area contributed by atoms with Crippen molar-refractivity contribution >= 4 is 5.95 Å². The van der Waals surface area contributed by atoms with Crippen LogP contribution in [0.3, 0.4) is 0 Å². The first kappa shape index (κ1) is 14.9. The molecule has 1 aliphatic heterocycles. The van der Waals surface area contributed by atoms with Crippen LogP contribution in [0.5, 0.6) is 0 Å². The summed E-state index contributed by atoms with van der Waals surface area (Å²) < 4.78 is 5.40. The summed E-state index contributed by atoms with van der Waals surface area (Å²) in [5.74, 6) is 2.33. The molecule has 0 aromatic carbocycles. The van der Waals surface area contributed by atoms with Gasteiger partial charge in [-0.3, -0.25) is 4.90 Å². The standard InChI is InChI=1S/C15H22N6O/c1-3-5-13-18-14(22-19-13)12(2)20-8-10-21(11-9-20)15-16-6-4-7-17-15/h4,6-7,12H,3,5,8-11H2,1-2H3. The highest BCUT2D eigenvalue weighted by molar-refractivity contribution is 5.29. The van der Waals surface area contributed by atoms with E-state index in [0.29, 0.717) is 5.89 Å². The molecule has 0 saturated carbocycles. The van der Waals surface area contributed by atoms with Gasteiger partial charge in [-0.25, -0.2) is 9.97 Å². The van der Waals surface area contributed by atoms with Crippen LogP contribution in [0.2, 0.25) is 0 Å². The maximum absolute atomic E-state index is 5.40. The second-order valence-corrected chi connectivity index (χ2v) is 5.55. The molecule has 0 spiro atoms. The van der Waals surface area contributed by atoms with Gasteiger partial charge in [0.15, 0.2) is 5.82 Å². The number of hydrogen-bond donors (Lipinski definition) is 0. The minimum atomic E-state index is 0.150. The molecule has 1 fully saturated rings. The first-order valence-electron chi connectivity index (χ1n) is 7.86. The Morgan fingerprint density at radius 2 is 1.91 bits per heavy atom. The van der Waals surface area contributed by atoms with Gasteiger partial charge in [0.2, 0.25) is 11.8 Å². The van der Waals surface area contributed by atoms with Gasteiger partial charge < -0.3 is 9.42 Å². The number of hydrogen-bond acceptors (Lipinski definition) is 7. The predicted octanol–water partition coefficient (Wildman–Crippen LogP) is 1.70. The van der Waals surface area contributed by atoms with Crippen molar-refractivity contribution in [1.82, 2.24) is 25.0 Å². The van der Waals surface area contributed by atoms with E-state index in [1.165, 1.54) is 0 Å². The molecule has 0 N–H and O–H groups in total.